The number of aryl methyl sites for hydroxylation is 2. The zero-order valence-electron chi connectivity index (χ0n) is 52.6. The van der Waals surface area contributed by atoms with E-state index in [-0.39, 0.29) is 41.2 Å². The second-order valence-corrected chi connectivity index (χ2v) is 27.1. The number of carbonyl (C=O) groups is 8. The number of hydrogen-bond donors (Lipinski definition) is 14. The van der Waals surface area contributed by atoms with Crippen molar-refractivity contribution in [3.63, 3.8) is 0 Å². The lowest BCUT2D eigenvalue weighted by Crippen LogP contribution is -2.61. The molecule has 1 aromatic rings. The standard InChI is InChI=1S/C56H92N14O10S7/c1-17-29(6)41-49(78)58-31(8)44(73)63-37(22-27(2)3)46(75)67-42(43(72)39-24-69(14)26-70(39)15)48(77)57-19-21-87-25-38(47(76)66-41)64-45(74)32(9)59-50(81)33(10)60-51(82)34(11)61-52(83)35(12)62-53(84)36(18-20-86-16)65-54(85)40(28(4)5)68-55(79)56(13,80)23-30(7)71/h19,21,24,26-29,31-38,40-43,72,80H,17-18,20,22-23,25H2,1-16H3,(H11-,57,58,59,60,61,62,63,64,65,66,67,68,73,74,75,76,77,78,79,81,82,83,84,85)/p+1/b21-19-. The zero-order chi connectivity index (χ0) is 66.4. The van der Waals surface area contributed by atoms with E-state index >= 15 is 0 Å². The molecule has 31 heteroatoms. The highest BCUT2D eigenvalue weighted by atomic mass is 32.2. The van der Waals surface area contributed by atoms with Crippen LogP contribution in [0.15, 0.2) is 24.1 Å². The molecule has 0 fully saturated rings. The first kappa shape index (κ1) is 78.1. The van der Waals surface area contributed by atoms with Gasteiger partial charge >= 0.3 is 0 Å². The van der Waals surface area contributed by atoms with Crippen LogP contribution in [-0.2, 0) is 52.5 Å². The summed E-state index contributed by atoms with van der Waals surface area (Å²) >= 11 is 31.6. The summed E-state index contributed by atoms with van der Waals surface area (Å²) in [4.78, 5) is 110. The summed E-state index contributed by atoms with van der Waals surface area (Å²) in [6.45, 7) is 21.9. The van der Waals surface area contributed by atoms with Crippen LogP contribution in [0.25, 0.3) is 0 Å². The van der Waals surface area contributed by atoms with Crippen LogP contribution in [0, 0.1) is 17.8 Å². The summed E-state index contributed by atoms with van der Waals surface area (Å²) in [6, 6.07) is -10.1. The van der Waals surface area contributed by atoms with Gasteiger partial charge in [0, 0.05) is 18.4 Å². The number of nitrogens with zero attached hydrogens (tertiary/aromatic N) is 2. The average molecular weight is 1350 g/mol. The maximum absolute atomic E-state index is 14.3. The fraction of sp³-hybridized carbons (Fsp3) is 0.679. The number of aliphatic hydroxyl groups is 2. The summed E-state index contributed by atoms with van der Waals surface area (Å²) < 4.78 is 3.26. The topological polar surface area (TPSA) is 330 Å². The SMILES string of the molecule is CCC(C)C1NC(=O)C(NC(=O)C(C)NC(=S)C(C)NC(=S)C(C)NC(=S)C(C)NC(=S)C(CCSC)NC(=S)C(NC(=O)C(C)(O)CC(C)=O)C(C)C)CS/C=C\NC(=O)C(C(O)c2c[n+](C)cn2C)NC(=O)C(CC(C)C)NC(=O)C(C)NC1=O. The third-order valence-electron chi connectivity index (χ3n) is 14.0. The van der Waals surface area contributed by atoms with Gasteiger partial charge < -0.3 is 74.0 Å². The van der Waals surface area contributed by atoms with Gasteiger partial charge in [0.2, 0.25) is 41.8 Å². The molecule has 14 N–H and O–H groups in total. The Bertz CT molecular complexity index is 2680. The van der Waals surface area contributed by atoms with Gasteiger partial charge in [0.25, 0.3) is 5.91 Å². The minimum absolute atomic E-state index is 0.104. The highest BCUT2D eigenvalue weighted by Crippen LogP contribution is 2.19. The number of imidazole rings is 1. The molecule has 1 aliphatic heterocycles. The molecule has 488 valence electrons. The molecule has 7 amide bonds. The van der Waals surface area contributed by atoms with Gasteiger partial charge in [-0.15, -0.1) is 11.8 Å². The van der Waals surface area contributed by atoms with E-state index in [9.17, 15) is 48.6 Å². The molecule has 0 radical (unpaired) electrons. The van der Waals surface area contributed by atoms with Gasteiger partial charge in [-0.2, -0.15) is 11.8 Å². The number of rotatable bonds is 26. The van der Waals surface area contributed by atoms with Crippen molar-refractivity contribution in [2.45, 2.75) is 194 Å². The minimum atomic E-state index is -1.92. The van der Waals surface area contributed by atoms with Crippen molar-refractivity contribution in [3.8, 4) is 0 Å². The zero-order valence-corrected chi connectivity index (χ0v) is 58.3. The lowest BCUT2D eigenvalue weighted by molar-refractivity contribution is -0.671. The first-order valence-corrected chi connectivity index (χ1v) is 33.3. The Kier molecular flexibility index (Phi) is 33.4. The number of nitrogens with one attached hydrogen (secondary N) is 12. The molecule has 0 bridgehead atoms. The molecule has 2 rings (SSSR count). The molecule has 0 saturated carbocycles. The van der Waals surface area contributed by atoms with E-state index in [0.29, 0.717) is 38.5 Å². The maximum atomic E-state index is 14.3. The number of hydrogen-bond acceptors (Lipinski definition) is 17. The molecule has 14 atom stereocenters. The van der Waals surface area contributed by atoms with E-state index in [1.165, 1.54) is 32.4 Å². The van der Waals surface area contributed by atoms with Crippen molar-refractivity contribution in [2.24, 2.45) is 31.8 Å². The molecular weight excluding hydrogens is 1250 g/mol. The van der Waals surface area contributed by atoms with Gasteiger partial charge in [0.1, 0.15) is 59.9 Å². The second-order valence-electron chi connectivity index (χ2n) is 23.0. The normalized spacial score (nSPS) is 22.0. The molecule has 24 nitrogen and oxygen atoms in total. The Morgan fingerprint density at radius 2 is 1.32 bits per heavy atom. The molecule has 0 aromatic carbocycles. The number of thiocarbonyl (C=S) groups is 5. The number of amides is 7. The summed E-state index contributed by atoms with van der Waals surface area (Å²) in [5.41, 5.74) is -1.62. The molecule has 1 aromatic heterocycles. The van der Waals surface area contributed by atoms with Gasteiger partial charge in [-0.3, -0.25) is 38.4 Å². The van der Waals surface area contributed by atoms with Crippen LogP contribution < -0.4 is 68.4 Å². The average Bonchev–Trinajstić information content (AvgIpc) is 2.68. The lowest BCUT2D eigenvalue weighted by Gasteiger charge is -2.32. The summed E-state index contributed by atoms with van der Waals surface area (Å²) in [5, 5.41) is 58.7. The second kappa shape index (κ2) is 37.2. The molecule has 2 heterocycles. The van der Waals surface area contributed by atoms with E-state index in [1.54, 1.807) is 75.2 Å². The maximum Gasteiger partial charge on any atom is 0.252 e. The van der Waals surface area contributed by atoms with E-state index in [4.69, 9.17) is 61.1 Å². The Hall–Kier alpha value is -5.02. The number of carbonyl (C=O) groups excluding carboxylic acids is 8. The van der Waals surface area contributed by atoms with Crippen LogP contribution in [0.2, 0.25) is 0 Å². The summed E-state index contributed by atoms with van der Waals surface area (Å²) in [5.74, 6) is -5.48. The van der Waals surface area contributed by atoms with Crippen LogP contribution in [0.1, 0.15) is 127 Å². The Morgan fingerprint density at radius 1 is 0.770 bits per heavy atom. The molecule has 0 saturated heterocycles. The Labute approximate surface area is 547 Å². The van der Waals surface area contributed by atoms with Gasteiger partial charge in [-0.1, -0.05) is 109 Å². The quantitative estimate of drug-likeness (QED) is 0.0452. The van der Waals surface area contributed by atoms with Crippen molar-refractivity contribution in [1.82, 2.24) is 68.4 Å². The van der Waals surface area contributed by atoms with E-state index in [2.05, 4.69) is 63.8 Å². The number of ketones is 1. The number of aromatic nitrogens is 2. The van der Waals surface area contributed by atoms with Crippen molar-refractivity contribution >= 4 is 157 Å². The van der Waals surface area contributed by atoms with Crippen molar-refractivity contribution in [2.75, 3.05) is 17.8 Å². The van der Waals surface area contributed by atoms with Crippen LogP contribution >= 0.6 is 84.6 Å². The lowest BCUT2D eigenvalue weighted by atomic mass is 9.96. The predicted octanol–water partition coefficient (Wildman–Crippen LogP) is 0.885. The van der Waals surface area contributed by atoms with Gasteiger partial charge in [-0.25, -0.2) is 9.13 Å². The van der Waals surface area contributed by atoms with E-state index in [0.717, 1.165) is 17.5 Å². The number of thioether (sulfide) groups is 2. The van der Waals surface area contributed by atoms with Crippen molar-refractivity contribution < 1.29 is 53.1 Å². The van der Waals surface area contributed by atoms with Gasteiger partial charge in [0.05, 0.1) is 69.2 Å². The smallest absolute Gasteiger partial charge is 0.252 e. The molecule has 1 aliphatic rings. The number of Topliss-reactive ketones (excluding diaryl/α,β-unsaturated/α-hetero) is 1. The molecular formula is C56H93N14O10S7+. The summed E-state index contributed by atoms with van der Waals surface area (Å²) in [7, 11) is 3.39. The van der Waals surface area contributed by atoms with E-state index < -0.39 is 125 Å². The third-order valence-corrected chi connectivity index (χ3v) is 17.7. The Morgan fingerprint density at radius 3 is 1.83 bits per heavy atom. The van der Waals surface area contributed by atoms with Crippen molar-refractivity contribution in [1.29, 1.82) is 0 Å². The third kappa shape index (κ3) is 25.8. The molecule has 14 unspecified atom stereocenters. The summed E-state index contributed by atoms with van der Waals surface area (Å²) in [6.07, 6.45) is 5.74. The van der Waals surface area contributed by atoms with Gasteiger partial charge in [-0.05, 0) is 96.5 Å². The largest absolute Gasteiger partial charge is 0.382 e. The fourth-order valence-corrected chi connectivity index (χ4v) is 11.3. The highest BCUT2D eigenvalue weighted by molar-refractivity contribution is 8.02. The van der Waals surface area contributed by atoms with Crippen LogP contribution in [0.5, 0.6) is 0 Å². The fourth-order valence-electron chi connectivity index (χ4n) is 8.63. The van der Waals surface area contributed by atoms with Crippen LogP contribution in [0.3, 0.4) is 0 Å². The first-order valence-electron chi connectivity index (χ1n) is 28.8. The van der Waals surface area contributed by atoms with E-state index in [1.807, 2.05) is 47.8 Å². The predicted molar refractivity (Wildman–Crippen MR) is 362 cm³/mol. The van der Waals surface area contributed by atoms with Crippen LogP contribution in [0.4, 0.5) is 0 Å². The van der Waals surface area contributed by atoms with Crippen LogP contribution in [-0.4, -0.2) is 177 Å². The monoisotopic (exact) mass is 1350 g/mol. The molecule has 0 aliphatic carbocycles. The van der Waals surface area contributed by atoms with Crippen molar-refractivity contribution in [3.05, 3.63) is 29.8 Å². The number of aliphatic hydroxyl groups excluding tert-OH is 1. The molecule has 87 heavy (non-hydrogen) atoms. The molecule has 0 spiro atoms. The Balaban J connectivity index is 2.26. The minimum Gasteiger partial charge on any atom is -0.382 e. The highest BCUT2D eigenvalue weighted by Gasteiger charge is 2.39. The van der Waals surface area contributed by atoms with Gasteiger partial charge in [0.15, 0.2) is 5.69 Å². The first-order chi connectivity index (χ1) is 40.5.